The summed E-state index contributed by atoms with van der Waals surface area (Å²) in [6.07, 6.45) is 2.68. The molecule has 21 heteroatoms. The van der Waals surface area contributed by atoms with Crippen LogP contribution in [-0.2, 0) is 70.0 Å². The van der Waals surface area contributed by atoms with Gasteiger partial charge >= 0.3 is 37.1 Å². The number of aromatic carboxylic acids is 2. The van der Waals surface area contributed by atoms with E-state index >= 15 is 0 Å². The van der Waals surface area contributed by atoms with E-state index in [0.717, 1.165) is 8.95 Å². The molecule has 0 amide bonds. The van der Waals surface area contributed by atoms with Crippen molar-refractivity contribution in [2.75, 3.05) is 0 Å². The van der Waals surface area contributed by atoms with Crippen LogP contribution in [0.25, 0.3) is 0 Å². The van der Waals surface area contributed by atoms with Gasteiger partial charge in [-0.3, -0.25) is 9.98 Å². The van der Waals surface area contributed by atoms with Gasteiger partial charge < -0.3 is 79.3 Å². The maximum Gasteiger partial charge on any atom is 4.00 e. The number of carboxylic acids is 2. The first kappa shape index (κ1) is 67.7. The summed E-state index contributed by atoms with van der Waals surface area (Å²) in [5.74, 6) is -2.97. The number of carbonyl (C=O) groups is 2. The summed E-state index contributed by atoms with van der Waals surface area (Å²) < 4.78 is 1.50. The normalized spacial score (nSPS) is 8.37. The first-order chi connectivity index (χ1) is 18.2. The molecule has 0 aliphatic carbocycles. The smallest absolute Gasteiger partial charge is 2.00 e. The molecule has 266 valence electrons. The third-order valence-corrected chi connectivity index (χ3v) is 5.86. The van der Waals surface area contributed by atoms with Gasteiger partial charge in [-0.05, 0) is 47.5 Å². The second-order valence-electron chi connectivity index (χ2n) is 7.49. The van der Waals surface area contributed by atoms with Crippen LogP contribution >= 0.6 is 31.9 Å². The molecule has 0 bridgehead atoms. The molecule has 4 rings (SSSR count). The predicted molar refractivity (Wildman–Crippen MR) is 175 cm³/mol. The van der Waals surface area contributed by atoms with Crippen molar-refractivity contribution in [2.24, 2.45) is 9.98 Å². The molecular formula is C28H34Br2N2O15V2+4. The molecule has 17 nitrogen and oxygen atoms in total. The molecule has 18 N–H and O–H groups in total. The van der Waals surface area contributed by atoms with Crippen LogP contribution in [0.3, 0.4) is 0 Å². The number of hydrogen-bond donors (Lipinski definition) is 0. The van der Waals surface area contributed by atoms with E-state index in [0.29, 0.717) is 11.1 Å². The van der Waals surface area contributed by atoms with E-state index in [1.54, 1.807) is 60.7 Å². The van der Waals surface area contributed by atoms with Crippen molar-refractivity contribution in [3.63, 3.8) is 0 Å². The summed E-state index contributed by atoms with van der Waals surface area (Å²) in [6.45, 7) is 0. The number of carbonyl (C=O) groups excluding carboxylic acids is 2. The maximum atomic E-state index is 11.6. The van der Waals surface area contributed by atoms with Crippen molar-refractivity contribution in [1.29, 1.82) is 0 Å². The molecule has 4 aromatic carbocycles. The number of halogens is 2. The molecule has 0 fully saturated rings. The Morgan fingerprint density at radius 3 is 1.12 bits per heavy atom. The number of aliphatic imine (C=N–C) groups is 2. The molecular weight excluding hydrogens is 866 g/mol. The molecule has 0 spiro atoms. The van der Waals surface area contributed by atoms with Crippen molar-refractivity contribution in [3.8, 4) is 11.5 Å². The second kappa shape index (κ2) is 33.0. The number of hydrogen-bond acceptors (Lipinski definition) is 8. The van der Waals surface area contributed by atoms with Crippen molar-refractivity contribution in [1.82, 2.24) is 0 Å². The molecule has 0 atom stereocenters. The zero-order valence-electron chi connectivity index (χ0n) is 24.9. The van der Waals surface area contributed by atoms with Crippen LogP contribution in [0.2, 0.25) is 0 Å². The fourth-order valence-corrected chi connectivity index (χ4v) is 3.79. The topological polar surface area (TPSA) is 435 Å². The van der Waals surface area contributed by atoms with Gasteiger partial charge in [0.25, 0.3) is 0 Å². The van der Waals surface area contributed by atoms with Gasteiger partial charge in [0.05, 0.1) is 23.3 Å². The summed E-state index contributed by atoms with van der Waals surface area (Å²) in [6, 6.07) is 21.7. The Morgan fingerprint density at radius 2 is 0.837 bits per heavy atom. The Kier molecular flexibility index (Phi) is 45.6. The third-order valence-electron chi connectivity index (χ3n) is 4.88. The van der Waals surface area contributed by atoms with E-state index in [1.807, 2.05) is 0 Å². The summed E-state index contributed by atoms with van der Waals surface area (Å²) >= 11 is 6.51. The van der Waals surface area contributed by atoms with Crippen LogP contribution in [0, 0.1) is 0 Å². The number of benzene rings is 4. The van der Waals surface area contributed by atoms with Gasteiger partial charge in [-0.15, -0.1) is 0 Å². The monoisotopic (exact) mass is 898 g/mol. The summed E-state index contributed by atoms with van der Waals surface area (Å²) in [5.41, 5.74) is 1.23. The summed E-state index contributed by atoms with van der Waals surface area (Å²) in [5, 5.41) is 44.9. The van der Waals surface area contributed by atoms with Crippen molar-refractivity contribution in [2.45, 2.75) is 0 Å². The number of para-hydroxylation sites is 2. The minimum atomic E-state index is -1.30. The van der Waals surface area contributed by atoms with Crippen molar-refractivity contribution in [3.05, 3.63) is 116 Å². The SMILES string of the molecule is O.O.O.O=C([O-])c1ccccc1N=Cc1cc(Br)ccc1[O-].O=C([O-])c1ccccc1N=Cc1cc(Br)ccc1[O-].[O-2].[O-2].[OH3+].[OH3+].[OH3+].[OH3+].[V+4].[V+4]. The Balaban J connectivity index is -0.0000000762. The Labute approximate surface area is 319 Å². The third kappa shape index (κ3) is 20.6. The number of rotatable bonds is 6. The Bertz CT molecular complexity index is 1450. The van der Waals surface area contributed by atoms with E-state index in [9.17, 15) is 30.0 Å². The van der Waals surface area contributed by atoms with E-state index in [4.69, 9.17) is 0 Å². The average Bonchev–Trinajstić information content (AvgIpc) is 2.90. The first-order valence-corrected chi connectivity index (χ1v) is 12.4. The average molecular weight is 900 g/mol. The predicted octanol–water partition coefficient (Wildman–Crippen LogP) is -3.13. The van der Waals surface area contributed by atoms with Gasteiger partial charge in [0.1, 0.15) is 0 Å². The van der Waals surface area contributed by atoms with Gasteiger partial charge in [-0.25, -0.2) is 0 Å². The second-order valence-corrected chi connectivity index (χ2v) is 9.32. The molecule has 4 aromatic rings. The van der Waals surface area contributed by atoms with Crippen LogP contribution in [0.4, 0.5) is 11.4 Å². The van der Waals surface area contributed by atoms with Crippen LogP contribution in [-0.4, -0.2) is 40.8 Å². The molecule has 2 radical (unpaired) electrons. The largest absolute Gasteiger partial charge is 4.00 e. The number of carboxylic acid groups (broad SMARTS) is 2. The van der Waals surface area contributed by atoms with Gasteiger partial charge in [0, 0.05) is 32.5 Å². The van der Waals surface area contributed by atoms with E-state index < -0.39 is 11.9 Å². The zero-order chi connectivity index (χ0) is 27.7. The number of nitrogens with zero attached hydrogens (tertiary/aromatic N) is 2. The molecule has 49 heavy (non-hydrogen) atoms. The van der Waals surface area contributed by atoms with Gasteiger partial charge in [0.2, 0.25) is 0 Å². The summed E-state index contributed by atoms with van der Waals surface area (Å²) in [7, 11) is 0. The van der Waals surface area contributed by atoms with Crippen LogP contribution in [0.5, 0.6) is 11.5 Å². The maximum absolute atomic E-state index is 11.6. The molecule has 0 saturated heterocycles. The van der Waals surface area contributed by atoms with Gasteiger partial charge in [-0.1, -0.05) is 91.9 Å². The van der Waals surface area contributed by atoms with Crippen molar-refractivity contribution >= 4 is 67.6 Å². The summed E-state index contributed by atoms with van der Waals surface area (Å²) in [4.78, 5) is 29.9. The zero-order valence-corrected chi connectivity index (χ0v) is 30.8. The molecule has 0 unspecified atom stereocenters. The fourth-order valence-electron chi connectivity index (χ4n) is 3.04. The van der Waals surface area contributed by atoms with Gasteiger partial charge in [-0.2, -0.15) is 0 Å². The molecule has 0 aliphatic heterocycles. The van der Waals surface area contributed by atoms with Crippen LogP contribution in [0.15, 0.2) is 104 Å². The minimum absolute atomic E-state index is 0. The van der Waals surface area contributed by atoms with Crippen molar-refractivity contribution < 1.29 is 116 Å². The van der Waals surface area contributed by atoms with E-state index in [1.165, 1.54) is 36.7 Å². The van der Waals surface area contributed by atoms with Crippen LogP contribution < -0.4 is 20.4 Å². The van der Waals surface area contributed by atoms with E-state index in [-0.39, 0.29) is 120 Å². The van der Waals surface area contributed by atoms with Crippen LogP contribution in [0.1, 0.15) is 31.8 Å². The Hall–Kier alpha value is -3.47. The van der Waals surface area contributed by atoms with E-state index in [2.05, 4.69) is 41.8 Å². The minimum Gasteiger partial charge on any atom is -2.00 e. The standard InChI is InChI=1S/2C14H10BrNO3.7H2O.2O.2V/c2*15-10-5-6-13(17)9(7-10)8-16-12-4-2-1-3-11(12)14(18)19;;;;;;;;;;;/h2*1-8,17H,(H,18,19);7*1H2;;;;/q;;;;;;;;;2*-2;2*+4. The first-order valence-electron chi connectivity index (χ1n) is 10.8. The quantitative estimate of drug-likeness (QED) is 0.142. The molecule has 0 aliphatic rings. The van der Waals surface area contributed by atoms with Gasteiger partial charge in [0.15, 0.2) is 0 Å². The molecule has 0 heterocycles. The Morgan fingerprint density at radius 1 is 0.551 bits per heavy atom. The molecule has 0 saturated carbocycles. The fraction of sp³-hybridized carbons (Fsp3) is 0. The molecule has 0 aromatic heterocycles.